The first-order valence-corrected chi connectivity index (χ1v) is 15.3. The maximum atomic E-state index is 14.7. The van der Waals surface area contributed by atoms with E-state index in [2.05, 4.69) is 9.97 Å². The van der Waals surface area contributed by atoms with Gasteiger partial charge in [0.25, 0.3) is 5.56 Å². The number of aryl methyl sites for hydroxylation is 2. The summed E-state index contributed by atoms with van der Waals surface area (Å²) in [6, 6.07) is 9.53. The topological polar surface area (TPSA) is 115 Å². The van der Waals surface area contributed by atoms with Crippen molar-refractivity contribution in [3.63, 3.8) is 0 Å². The van der Waals surface area contributed by atoms with Crippen molar-refractivity contribution < 1.29 is 18.6 Å². The van der Waals surface area contributed by atoms with Crippen LogP contribution in [-0.4, -0.2) is 49.9 Å². The Morgan fingerprint density at radius 3 is 2.66 bits per heavy atom. The van der Waals surface area contributed by atoms with E-state index in [0.29, 0.717) is 56.8 Å². The van der Waals surface area contributed by atoms with Gasteiger partial charge in [-0.1, -0.05) is 18.2 Å². The zero-order valence-corrected chi connectivity index (χ0v) is 25.4. The van der Waals surface area contributed by atoms with Crippen LogP contribution >= 0.6 is 11.3 Å². The molecule has 0 saturated carbocycles. The molecule has 0 amide bonds. The maximum absolute atomic E-state index is 14.7. The van der Waals surface area contributed by atoms with Crippen LogP contribution in [0.2, 0.25) is 0 Å². The summed E-state index contributed by atoms with van der Waals surface area (Å²) in [6.07, 6.45) is 9.21. The maximum Gasteiger partial charge on any atom is 0.336 e. The quantitative estimate of drug-likeness (QED) is 0.234. The van der Waals surface area contributed by atoms with Crippen LogP contribution in [0.15, 0.2) is 75.4 Å². The summed E-state index contributed by atoms with van der Waals surface area (Å²) in [5.41, 5.74) is 2.28. The number of oxazole rings is 1. The molecule has 5 aromatic heterocycles. The minimum absolute atomic E-state index is 0.0652. The van der Waals surface area contributed by atoms with Crippen molar-refractivity contribution in [1.29, 1.82) is 0 Å². The van der Waals surface area contributed by atoms with Gasteiger partial charge >= 0.3 is 5.69 Å². The molecular formula is C32H31N5O6S. The van der Waals surface area contributed by atoms with E-state index in [1.165, 1.54) is 22.2 Å². The largest absolute Gasteiger partial charge is 0.496 e. The van der Waals surface area contributed by atoms with E-state index in [0.717, 1.165) is 24.0 Å². The third kappa shape index (κ3) is 4.75. The van der Waals surface area contributed by atoms with Crippen molar-refractivity contribution in [2.24, 2.45) is 0 Å². The molecule has 0 N–H and O–H groups in total. The molecule has 1 fully saturated rings. The van der Waals surface area contributed by atoms with Gasteiger partial charge < -0.3 is 23.0 Å². The van der Waals surface area contributed by atoms with Gasteiger partial charge in [0.15, 0.2) is 5.65 Å². The lowest BCUT2D eigenvalue weighted by Gasteiger charge is -2.29. The Bertz CT molecular complexity index is 2080. The predicted molar refractivity (Wildman–Crippen MR) is 166 cm³/mol. The van der Waals surface area contributed by atoms with E-state index in [1.807, 2.05) is 50.4 Å². The van der Waals surface area contributed by atoms with E-state index < -0.39 is 17.4 Å². The molecule has 1 aromatic carbocycles. The number of para-hydroxylation sites is 1. The second-order valence-corrected chi connectivity index (χ2v) is 11.8. The number of imidazole rings is 1. The molecule has 12 heteroatoms. The molecule has 44 heavy (non-hydrogen) atoms. The Balaban J connectivity index is 1.50. The molecular weight excluding hydrogens is 582 g/mol. The van der Waals surface area contributed by atoms with E-state index >= 15 is 0 Å². The van der Waals surface area contributed by atoms with E-state index in [1.54, 1.807) is 34.7 Å². The summed E-state index contributed by atoms with van der Waals surface area (Å²) < 4.78 is 28.4. The Kier molecular flexibility index (Phi) is 7.40. The summed E-state index contributed by atoms with van der Waals surface area (Å²) in [5, 5.41) is 0.417. The van der Waals surface area contributed by atoms with Crippen LogP contribution in [0.4, 0.5) is 0 Å². The lowest BCUT2D eigenvalue weighted by atomic mass is 10.1. The fraction of sp³-hybridized carbons (Fsp3) is 0.312. The van der Waals surface area contributed by atoms with E-state index in [4.69, 9.17) is 18.6 Å². The minimum atomic E-state index is -0.558. The first kappa shape index (κ1) is 28.3. The zero-order valence-electron chi connectivity index (χ0n) is 24.6. The van der Waals surface area contributed by atoms with Crippen molar-refractivity contribution in [3.8, 4) is 22.2 Å². The molecule has 1 unspecified atom stereocenters. The Labute approximate surface area is 255 Å². The number of nitrogens with zero attached hydrogens (tertiary/aromatic N) is 5. The second-order valence-electron chi connectivity index (χ2n) is 10.8. The van der Waals surface area contributed by atoms with Gasteiger partial charge in [-0.2, -0.15) is 0 Å². The molecule has 6 aromatic rings. The van der Waals surface area contributed by atoms with Gasteiger partial charge in [-0.3, -0.25) is 9.36 Å². The van der Waals surface area contributed by atoms with Gasteiger partial charge in [0.1, 0.15) is 28.6 Å². The molecule has 11 nitrogen and oxygen atoms in total. The third-order valence-corrected chi connectivity index (χ3v) is 9.46. The Morgan fingerprint density at radius 1 is 1.07 bits per heavy atom. The molecule has 7 rings (SSSR count). The lowest BCUT2D eigenvalue weighted by Crippen LogP contribution is -2.40. The normalized spacial score (nSPS) is 14.9. The zero-order chi connectivity index (χ0) is 30.4. The van der Waals surface area contributed by atoms with Gasteiger partial charge in [-0.25, -0.2) is 19.3 Å². The van der Waals surface area contributed by atoms with Gasteiger partial charge in [0, 0.05) is 37.4 Å². The molecule has 1 aliphatic heterocycles. The number of fused-ring (bicyclic) bond motifs is 2. The molecule has 1 atom stereocenters. The van der Waals surface area contributed by atoms with Crippen LogP contribution in [0.1, 0.15) is 35.6 Å². The van der Waals surface area contributed by atoms with Gasteiger partial charge in [0.2, 0.25) is 5.89 Å². The molecule has 0 aliphatic carbocycles. The molecule has 1 saturated heterocycles. The van der Waals surface area contributed by atoms with Crippen LogP contribution in [0.25, 0.3) is 32.3 Å². The van der Waals surface area contributed by atoms with Crippen molar-refractivity contribution in [3.05, 3.63) is 98.9 Å². The minimum Gasteiger partial charge on any atom is -0.496 e. The Hall–Kier alpha value is -4.52. The molecule has 1 aliphatic rings. The van der Waals surface area contributed by atoms with Gasteiger partial charge in [-0.05, 0) is 49.9 Å². The average molecular weight is 614 g/mol. The molecule has 0 bridgehead atoms. The van der Waals surface area contributed by atoms with Crippen molar-refractivity contribution >= 4 is 27.2 Å². The highest BCUT2D eigenvalue weighted by Gasteiger charge is 2.29. The number of methoxy groups -OCH3 is 1. The molecule has 0 radical (unpaired) electrons. The summed E-state index contributed by atoms with van der Waals surface area (Å²) in [4.78, 5) is 39.1. The first-order chi connectivity index (χ1) is 21.5. The lowest BCUT2D eigenvalue weighted by molar-refractivity contribution is -0.0752. The molecule has 226 valence electrons. The van der Waals surface area contributed by atoms with E-state index in [-0.39, 0.29) is 12.6 Å². The average Bonchev–Trinajstić information content (AvgIpc) is 3.81. The number of ether oxygens (including phenoxy) is 3. The molecule has 6 heterocycles. The number of hydrogen-bond donors (Lipinski definition) is 0. The van der Waals surface area contributed by atoms with Crippen molar-refractivity contribution in [2.45, 2.75) is 45.4 Å². The summed E-state index contributed by atoms with van der Waals surface area (Å²) in [7, 11) is 1.62. The standard InChI is InChI=1S/C32H31N5O6S/c1-19-8-13-35-14-11-33-28(35)26(19)37-30(38)25-20(2)27(29-34-12-17-42-29)44-31(25)36(32(37)39)18-24(43-21-9-15-41-16-10-21)22-6-4-5-7-23(22)40-3/h4-8,11-14,17,21,24H,9-10,15-16,18H2,1-3H3. The van der Waals surface area contributed by atoms with Crippen LogP contribution in [-0.2, 0) is 16.0 Å². The summed E-state index contributed by atoms with van der Waals surface area (Å²) in [6.45, 7) is 5.08. The van der Waals surface area contributed by atoms with Crippen LogP contribution < -0.4 is 16.0 Å². The predicted octanol–water partition coefficient (Wildman–Crippen LogP) is 5.08. The number of aromatic nitrogens is 5. The summed E-state index contributed by atoms with van der Waals surface area (Å²) in [5.74, 6) is 1.04. The van der Waals surface area contributed by atoms with Crippen LogP contribution in [0.3, 0.4) is 0 Å². The number of pyridine rings is 1. The highest BCUT2D eigenvalue weighted by molar-refractivity contribution is 7.22. The smallest absolute Gasteiger partial charge is 0.336 e. The Morgan fingerprint density at radius 2 is 1.89 bits per heavy atom. The van der Waals surface area contributed by atoms with Gasteiger partial charge in [0.05, 0.1) is 36.2 Å². The monoisotopic (exact) mass is 613 g/mol. The van der Waals surface area contributed by atoms with Crippen LogP contribution in [0, 0.1) is 13.8 Å². The van der Waals surface area contributed by atoms with Crippen molar-refractivity contribution in [1.82, 2.24) is 23.5 Å². The number of thiophene rings is 1. The highest BCUT2D eigenvalue weighted by Crippen LogP contribution is 2.38. The first-order valence-electron chi connectivity index (χ1n) is 14.4. The van der Waals surface area contributed by atoms with Crippen LogP contribution in [0.5, 0.6) is 5.75 Å². The number of hydrogen-bond acceptors (Lipinski definition) is 9. The molecule has 0 spiro atoms. The highest BCUT2D eigenvalue weighted by atomic mass is 32.1. The van der Waals surface area contributed by atoms with Crippen molar-refractivity contribution in [2.75, 3.05) is 20.3 Å². The third-order valence-electron chi connectivity index (χ3n) is 8.16. The fourth-order valence-electron chi connectivity index (χ4n) is 5.94. The number of benzene rings is 1. The van der Waals surface area contributed by atoms with Gasteiger partial charge in [-0.15, -0.1) is 11.3 Å². The summed E-state index contributed by atoms with van der Waals surface area (Å²) >= 11 is 1.31. The van der Waals surface area contributed by atoms with E-state index in [9.17, 15) is 9.59 Å². The number of rotatable bonds is 8. The second kappa shape index (κ2) is 11.5. The fourth-order valence-corrected chi connectivity index (χ4v) is 7.18. The SMILES string of the molecule is COc1ccccc1C(Cn1c(=O)n(-c2c(C)ccn3ccnc23)c(=O)c2c(C)c(-c3ncco3)sc21)OC1CCOCC1.